The summed E-state index contributed by atoms with van der Waals surface area (Å²) >= 11 is 14.1. The van der Waals surface area contributed by atoms with Crippen molar-refractivity contribution < 1.29 is 17.9 Å². The Kier molecular flexibility index (Phi) is 9.63. The van der Waals surface area contributed by atoms with Gasteiger partial charge in [-0.2, -0.15) is 0 Å². The van der Waals surface area contributed by atoms with Crippen LogP contribution in [0.25, 0.3) is 0 Å². The molecule has 2 rings (SSSR count). The normalized spacial score (nSPS) is 13.1. The lowest BCUT2D eigenvalue weighted by atomic mass is 10.1. The SMILES string of the molecule is CC(C)(C)OC(=O)[C@H](Cc1ccc(I)cc1)NCCCS(=O)(=O)c1cc(Cl)cc(Cl)c1. The zero-order valence-corrected chi connectivity index (χ0v) is 22.1. The molecule has 0 unspecified atom stereocenters. The van der Waals surface area contributed by atoms with E-state index in [0.29, 0.717) is 19.4 Å². The Bertz CT molecular complexity index is 985. The minimum absolute atomic E-state index is 0.0904. The Hall–Kier alpha value is -0.870. The van der Waals surface area contributed by atoms with Gasteiger partial charge >= 0.3 is 5.97 Å². The summed E-state index contributed by atoms with van der Waals surface area (Å²) in [7, 11) is -3.54. The second kappa shape index (κ2) is 11.3. The predicted molar refractivity (Wildman–Crippen MR) is 134 cm³/mol. The van der Waals surface area contributed by atoms with Gasteiger partial charge in [-0.05, 0) is 98.6 Å². The second-order valence-electron chi connectivity index (χ2n) is 8.15. The molecule has 0 aliphatic rings. The first-order valence-corrected chi connectivity index (χ1v) is 13.2. The summed E-state index contributed by atoms with van der Waals surface area (Å²) < 4.78 is 31.8. The summed E-state index contributed by atoms with van der Waals surface area (Å²) in [5, 5.41) is 3.70. The third-order valence-electron chi connectivity index (χ3n) is 4.22. The molecule has 0 radical (unpaired) electrons. The van der Waals surface area contributed by atoms with E-state index in [9.17, 15) is 13.2 Å². The molecule has 170 valence electrons. The molecule has 0 heterocycles. The van der Waals surface area contributed by atoms with Crippen molar-refractivity contribution >= 4 is 61.6 Å². The monoisotopic (exact) mass is 597 g/mol. The molecule has 1 N–H and O–H groups in total. The summed E-state index contributed by atoms with van der Waals surface area (Å²) in [6, 6.07) is 11.6. The van der Waals surface area contributed by atoms with Crippen molar-refractivity contribution in [3.63, 3.8) is 0 Å². The molecule has 0 amide bonds. The molecule has 0 saturated carbocycles. The van der Waals surface area contributed by atoms with Gasteiger partial charge in [0, 0.05) is 13.6 Å². The van der Waals surface area contributed by atoms with Gasteiger partial charge in [0.2, 0.25) is 0 Å². The van der Waals surface area contributed by atoms with E-state index >= 15 is 0 Å². The van der Waals surface area contributed by atoms with Crippen molar-refractivity contribution in [1.82, 2.24) is 5.32 Å². The Morgan fingerprint density at radius 2 is 1.68 bits per heavy atom. The third-order valence-corrected chi connectivity index (χ3v) is 7.16. The number of esters is 1. The van der Waals surface area contributed by atoms with Gasteiger partial charge in [0.25, 0.3) is 0 Å². The first-order chi connectivity index (χ1) is 14.4. The van der Waals surface area contributed by atoms with Crippen LogP contribution in [0.1, 0.15) is 32.8 Å². The molecule has 0 fully saturated rings. The van der Waals surface area contributed by atoms with Crippen LogP contribution >= 0.6 is 45.8 Å². The molecular weight excluding hydrogens is 572 g/mol. The average Bonchev–Trinajstić information content (AvgIpc) is 2.63. The Balaban J connectivity index is 2.01. The highest BCUT2D eigenvalue weighted by Crippen LogP contribution is 2.23. The van der Waals surface area contributed by atoms with Crippen LogP contribution in [-0.4, -0.2) is 38.3 Å². The number of hydrogen-bond donors (Lipinski definition) is 1. The van der Waals surface area contributed by atoms with Crippen molar-refractivity contribution in [2.75, 3.05) is 12.3 Å². The van der Waals surface area contributed by atoms with Gasteiger partial charge in [0.15, 0.2) is 9.84 Å². The quantitative estimate of drug-likeness (QED) is 0.241. The van der Waals surface area contributed by atoms with Gasteiger partial charge in [-0.3, -0.25) is 4.79 Å². The standard InChI is InChI=1S/C22H26Cl2INO4S/c1-22(2,3)30-21(27)20(11-15-5-7-18(25)8-6-15)26-9-4-10-31(28,29)19-13-16(23)12-17(24)14-19/h5-8,12-14,20,26H,4,9-11H2,1-3H3/t20-/m0/s1. The summed E-state index contributed by atoms with van der Waals surface area (Å²) in [6.45, 7) is 5.78. The van der Waals surface area contributed by atoms with E-state index in [0.717, 1.165) is 9.13 Å². The van der Waals surface area contributed by atoms with Gasteiger partial charge < -0.3 is 10.1 Å². The van der Waals surface area contributed by atoms with Gasteiger partial charge in [-0.15, -0.1) is 0 Å². The fraction of sp³-hybridized carbons (Fsp3) is 0.409. The van der Waals surface area contributed by atoms with E-state index in [1.54, 1.807) is 0 Å². The summed E-state index contributed by atoms with van der Waals surface area (Å²) in [5.74, 6) is -0.461. The number of nitrogens with one attached hydrogen (secondary N) is 1. The van der Waals surface area contributed by atoms with Crippen molar-refractivity contribution in [2.24, 2.45) is 0 Å². The van der Waals surface area contributed by atoms with E-state index in [4.69, 9.17) is 27.9 Å². The minimum Gasteiger partial charge on any atom is -0.459 e. The van der Waals surface area contributed by atoms with Crippen LogP contribution in [0.3, 0.4) is 0 Å². The lowest BCUT2D eigenvalue weighted by Gasteiger charge is -2.25. The lowest BCUT2D eigenvalue weighted by molar-refractivity contribution is -0.157. The van der Waals surface area contributed by atoms with E-state index in [1.807, 2.05) is 45.0 Å². The van der Waals surface area contributed by atoms with Gasteiger partial charge in [0.05, 0.1) is 10.6 Å². The van der Waals surface area contributed by atoms with Gasteiger partial charge in [-0.1, -0.05) is 35.3 Å². The molecule has 5 nitrogen and oxygen atoms in total. The topological polar surface area (TPSA) is 72.5 Å². The highest BCUT2D eigenvalue weighted by Gasteiger charge is 2.25. The molecule has 0 aromatic heterocycles. The van der Waals surface area contributed by atoms with Crippen LogP contribution in [0.15, 0.2) is 47.4 Å². The molecule has 0 saturated heterocycles. The van der Waals surface area contributed by atoms with Crippen LogP contribution in [0.4, 0.5) is 0 Å². The van der Waals surface area contributed by atoms with Gasteiger partial charge in [0.1, 0.15) is 11.6 Å². The van der Waals surface area contributed by atoms with Gasteiger partial charge in [-0.25, -0.2) is 8.42 Å². The maximum Gasteiger partial charge on any atom is 0.323 e. The van der Waals surface area contributed by atoms with Crippen LogP contribution in [0.5, 0.6) is 0 Å². The first kappa shape index (κ1) is 26.4. The number of halogens is 3. The number of benzene rings is 2. The molecule has 2 aromatic carbocycles. The average molecular weight is 598 g/mol. The van der Waals surface area contributed by atoms with Crippen LogP contribution in [-0.2, 0) is 25.8 Å². The third kappa shape index (κ3) is 9.26. The molecule has 31 heavy (non-hydrogen) atoms. The Morgan fingerprint density at radius 1 is 1.10 bits per heavy atom. The van der Waals surface area contributed by atoms with Crippen molar-refractivity contribution in [3.8, 4) is 0 Å². The highest BCUT2D eigenvalue weighted by atomic mass is 127. The summed E-state index contributed by atoms with van der Waals surface area (Å²) in [6.07, 6.45) is 0.765. The molecular formula is C22H26Cl2INO4S. The first-order valence-electron chi connectivity index (χ1n) is 9.75. The van der Waals surface area contributed by atoms with E-state index < -0.39 is 21.5 Å². The van der Waals surface area contributed by atoms with Crippen molar-refractivity contribution in [2.45, 2.75) is 50.2 Å². The predicted octanol–water partition coefficient (Wildman–Crippen LogP) is 5.30. The molecule has 0 aliphatic carbocycles. The molecule has 2 aromatic rings. The van der Waals surface area contributed by atoms with Crippen molar-refractivity contribution in [1.29, 1.82) is 0 Å². The molecule has 9 heteroatoms. The fourth-order valence-electron chi connectivity index (χ4n) is 2.83. The maximum atomic E-state index is 12.7. The smallest absolute Gasteiger partial charge is 0.323 e. The molecule has 0 bridgehead atoms. The number of rotatable bonds is 9. The Morgan fingerprint density at radius 3 is 2.23 bits per heavy atom. The second-order valence-corrected chi connectivity index (χ2v) is 12.4. The largest absolute Gasteiger partial charge is 0.459 e. The number of sulfone groups is 1. The summed E-state index contributed by atoms with van der Waals surface area (Å²) in [4.78, 5) is 12.8. The highest BCUT2D eigenvalue weighted by molar-refractivity contribution is 14.1. The maximum absolute atomic E-state index is 12.7. The molecule has 1 atom stereocenters. The van der Waals surface area contributed by atoms with Crippen molar-refractivity contribution in [3.05, 3.63) is 61.6 Å². The zero-order valence-electron chi connectivity index (χ0n) is 17.6. The molecule has 0 aliphatic heterocycles. The number of ether oxygens (including phenoxy) is 1. The number of carbonyl (C=O) groups excluding carboxylic acids is 1. The Labute approximate surface area is 207 Å². The lowest BCUT2D eigenvalue weighted by Crippen LogP contribution is -2.43. The van der Waals surface area contributed by atoms with Crippen LogP contribution in [0.2, 0.25) is 10.0 Å². The van der Waals surface area contributed by atoms with E-state index in [2.05, 4.69) is 27.9 Å². The van der Waals surface area contributed by atoms with Crippen LogP contribution < -0.4 is 5.32 Å². The summed E-state index contributed by atoms with van der Waals surface area (Å²) in [5.41, 5.74) is 0.378. The van der Waals surface area contributed by atoms with E-state index in [-0.39, 0.29) is 26.7 Å². The number of carbonyl (C=O) groups is 1. The van der Waals surface area contributed by atoms with Crippen LogP contribution in [0, 0.1) is 3.57 Å². The zero-order chi connectivity index (χ0) is 23.2. The molecule has 0 spiro atoms. The van der Waals surface area contributed by atoms with E-state index in [1.165, 1.54) is 18.2 Å². The minimum atomic E-state index is -3.54. The fourth-order valence-corrected chi connectivity index (χ4v) is 5.22. The number of hydrogen-bond acceptors (Lipinski definition) is 5.